The molecule has 1 aromatic rings. The Morgan fingerprint density at radius 2 is 1.76 bits per heavy atom. The van der Waals surface area contributed by atoms with Crippen molar-refractivity contribution in [2.24, 2.45) is 5.92 Å². The molecule has 1 heterocycles. The van der Waals surface area contributed by atoms with Crippen LogP contribution in [-0.4, -0.2) is 31.4 Å². The lowest BCUT2D eigenvalue weighted by Gasteiger charge is -2.29. The van der Waals surface area contributed by atoms with Crippen molar-refractivity contribution in [3.8, 4) is 0 Å². The Bertz CT molecular complexity index is 499. The fourth-order valence-corrected chi connectivity index (χ4v) is 2.82. The fourth-order valence-electron chi connectivity index (χ4n) is 2.82. The van der Waals surface area contributed by atoms with Gasteiger partial charge in [0.15, 0.2) is 0 Å². The van der Waals surface area contributed by atoms with Crippen molar-refractivity contribution < 1.29 is 19.6 Å². The second-order valence-corrected chi connectivity index (χ2v) is 6.22. The Kier molecular flexibility index (Phi) is 5.12. The third-order valence-corrected chi connectivity index (χ3v) is 4.34. The Balaban J connectivity index is 1.89. The number of piperidine rings is 1. The SMILES string of the molecule is CC(C)c1ccc(C(=O)C[NH+]2CCC(C(=O)[O-])CC2)cc1. The van der Waals surface area contributed by atoms with E-state index in [1.165, 1.54) is 10.5 Å². The first kappa shape index (κ1) is 15.7. The molecule has 1 aliphatic rings. The van der Waals surface area contributed by atoms with E-state index in [-0.39, 0.29) is 11.7 Å². The molecule has 2 rings (SSSR count). The number of rotatable bonds is 5. The average Bonchev–Trinajstić information content (AvgIpc) is 2.47. The van der Waals surface area contributed by atoms with Crippen LogP contribution < -0.4 is 10.0 Å². The van der Waals surface area contributed by atoms with Crippen LogP contribution in [0.3, 0.4) is 0 Å². The molecule has 0 radical (unpaired) electrons. The largest absolute Gasteiger partial charge is 0.550 e. The predicted octanol–water partition coefficient (Wildman–Crippen LogP) is 0.0375. The molecule has 4 heteroatoms. The van der Waals surface area contributed by atoms with Crippen LogP contribution >= 0.6 is 0 Å². The summed E-state index contributed by atoms with van der Waals surface area (Å²) in [4.78, 5) is 24.2. The number of benzene rings is 1. The maximum Gasteiger partial charge on any atom is 0.216 e. The number of carboxylic acid groups (broad SMARTS) is 1. The standard InChI is InChI=1S/C17H23NO3/c1-12(2)13-3-5-14(6-4-13)16(19)11-18-9-7-15(8-10-18)17(20)21/h3-6,12,15H,7-11H2,1-2H3,(H,20,21). The van der Waals surface area contributed by atoms with Crippen LogP contribution in [0.25, 0.3) is 0 Å². The molecule has 1 N–H and O–H groups in total. The molecule has 0 aliphatic carbocycles. The van der Waals surface area contributed by atoms with Crippen LogP contribution in [0.15, 0.2) is 24.3 Å². The summed E-state index contributed by atoms with van der Waals surface area (Å²) in [6.45, 7) is 6.16. The van der Waals surface area contributed by atoms with Gasteiger partial charge < -0.3 is 14.8 Å². The van der Waals surface area contributed by atoms with Gasteiger partial charge in [-0.2, -0.15) is 0 Å². The molecular formula is C17H23NO3. The zero-order valence-corrected chi connectivity index (χ0v) is 12.7. The monoisotopic (exact) mass is 289 g/mol. The molecule has 0 unspecified atom stereocenters. The number of quaternary nitrogens is 1. The van der Waals surface area contributed by atoms with E-state index in [0.717, 1.165) is 18.7 Å². The van der Waals surface area contributed by atoms with Crippen molar-refractivity contribution in [1.29, 1.82) is 0 Å². The molecule has 1 aromatic carbocycles. The van der Waals surface area contributed by atoms with Crippen molar-refractivity contribution in [3.63, 3.8) is 0 Å². The van der Waals surface area contributed by atoms with E-state index < -0.39 is 5.97 Å². The van der Waals surface area contributed by atoms with Gasteiger partial charge in [-0.3, -0.25) is 4.79 Å². The molecule has 0 aromatic heterocycles. The van der Waals surface area contributed by atoms with Gasteiger partial charge in [-0.05, 0) is 11.5 Å². The zero-order valence-electron chi connectivity index (χ0n) is 12.7. The van der Waals surface area contributed by atoms with Crippen molar-refractivity contribution in [2.45, 2.75) is 32.6 Å². The van der Waals surface area contributed by atoms with Crippen LogP contribution in [0.5, 0.6) is 0 Å². The van der Waals surface area contributed by atoms with E-state index >= 15 is 0 Å². The second-order valence-electron chi connectivity index (χ2n) is 6.22. The quantitative estimate of drug-likeness (QED) is 0.779. The fraction of sp³-hybridized carbons (Fsp3) is 0.529. The van der Waals surface area contributed by atoms with Gasteiger partial charge >= 0.3 is 0 Å². The first-order chi connectivity index (χ1) is 9.97. The summed E-state index contributed by atoms with van der Waals surface area (Å²) in [5, 5.41) is 10.8. The molecule has 1 fully saturated rings. The van der Waals surface area contributed by atoms with E-state index in [2.05, 4.69) is 13.8 Å². The smallest absolute Gasteiger partial charge is 0.216 e. The van der Waals surface area contributed by atoms with Crippen molar-refractivity contribution in [1.82, 2.24) is 0 Å². The molecule has 0 bridgehead atoms. The molecule has 1 saturated heterocycles. The number of ketones is 1. The Hall–Kier alpha value is -1.68. The lowest BCUT2D eigenvalue weighted by molar-refractivity contribution is -0.897. The van der Waals surface area contributed by atoms with Crippen molar-refractivity contribution in [3.05, 3.63) is 35.4 Å². The molecule has 4 nitrogen and oxygen atoms in total. The molecule has 0 atom stereocenters. The highest BCUT2D eigenvalue weighted by Crippen LogP contribution is 2.14. The van der Waals surface area contributed by atoms with Crippen LogP contribution in [0, 0.1) is 5.92 Å². The summed E-state index contributed by atoms with van der Waals surface area (Å²) in [5.74, 6) is -0.700. The van der Waals surface area contributed by atoms with Gasteiger partial charge in [-0.1, -0.05) is 38.1 Å². The predicted molar refractivity (Wildman–Crippen MR) is 78.2 cm³/mol. The van der Waals surface area contributed by atoms with Gasteiger partial charge in [-0.25, -0.2) is 0 Å². The molecule has 21 heavy (non-hydrogen) atoms. The molecular weight excluding hydrogens is 266 g/mol. The summed E-state index contributed by atoms with van der Waals surface area (Å²) >= 11 is 0. The highest BCUT2D eigenvalue weighted by Gasteiger charge is 2.24. The third kappa shape index (κ3) is 4.14. The number of Topliss-reactive ketones (excluding diaryl/α,β-unsaturated/α-hetero) is 1. The average molecular weight is 289 g/mol. The highest BCUT2D eigenvalue weighted by atomic mass is 16.4. The second kappa shape index (κ2) is 6.85. The third-order valence-electron chi connectivity index (χ3n) is 4.34. The Morgan fingerprint density at radius 3 is 2.24 bits per heavy atom. The van der Waals surface area contributed by atoms with Gasteiger partial charge in [0, 0.05) is 30.3 Å². The number of aliphatic carboxylic acids is 1. The van der Waals surface area contributed by atoms with E-state index in [4.69, 9.17) is 0 Å². The molecule has 0 spiro atoms. The first-order valence-corrected chi connectivity index (χ1v) is 7.65. The lowest BCUT2D eigenvalue weighted by Crippen LogP contribution is -3.14. The Labute approximate surface area is 125 Å². The summed E-state index contributed by atoms with van der Waals surface area (Å²) in [6, 6.07) is 7.81. The van der Waals surface area contributed by atoms with Crippen LogP contribution in [0.4, 0.5) is 0 Å². The molecule has 0 saturated carbocycles. The maximum absolute atomic E-state index is 12.3. The summed E-state index contributed by atoms with van der Waals surface area (Å²) < 4.78 is 0. The van der Waals surface area contributed by atoms with Gasteiger partial charge in [0.1, 0.15) is 6.54 Å². The van der Waals surface area contributed by atoms with E-state index in [9.17, 15) is 14.7 Å². The summed E-state index contributed by atoms with van der Waals surface area (Å²) in [6.07, 6.45) is 1.22. The summed E-state index contributed by atoms with van der Waals surface area (Å²) in [7, 11) is 0. The first-order valence-electron chi connectivity index (χ1n) is 7.65. The normalized spacial score (nSPS) is 22.2. The topological polar surface area (TPSA) is 61.6 Å². The lowest BCUT2D eigenvalue weighted by atomic mass is 9.96. The zero-order chi connectivity index (χ0) is 15.4. The minimum absolute atomic E-state index is 0.132. The van der Waals surface area contributed by atoms with Gasteiger partial charge in [-0.15, -0.1) is 0 Å². The van der Waals surface area contributed by atoms with Crippen molar-refractivity contribution in [2.75, 3.05) is 19.6 Å². The van der Waals surface area contributed by atoms with Crippen LogP contribution in [0.2, 0.25) is 0 Å². The number of nitrogens with one attached hydrogen (secondary N) is 1. The number of likely N-dealkylation sites (tertiary alicyclic amines) is 1. The number of hydrogen-bond acceptors (Lipinski definition) is 3. The molecule has 114 valence electrons. The summed E-state index contributed by atoms with van der Waals surface area (Å²) in [5.41, 5.74) is 1.97. The van der Waals surface area contributed by atoms with E-state index in [0.29, 0.717) is 25.3 Å². The van der Waals surface area contributed by atoms with E-state index in [1.807, 2.05) is 24.3 Å². The van der Waals surface area contributed by atoms with Gasteiger partial charge in [0.25, 0.3) is 0 Å². The minimum atomic E-state index is -0.954. The number of hydrogen-bond donors (Lipinski definition) is 1. The Morgan fingerprint density at radius 1 is 1.19 bits per heavy atom. The van der Waals surface area contributed by atoms with Crippen LogP contribution in [-0.2, 0) is 4.79 Å². The van der Waals surface area contributed by atoms with Crippen LogP contribution in [0.1, 0.15) is 48.5 Å². The molecule has 0 amide bonds. The number of carbonyl (C=O) groups is 2. The van der Waals surface area contributed by atoms with Gasteiger partial charge in [0.2, 0.25) is 5.78 Å². The maximum atomic E-state index is 12.3. The van der Waals surface area contributed by atoms with Crippen molar-refractivity contribution >= 4 is 11.8 Å². The minimum Gasteiger partial charge on any atom is -0.550 e. The molecule has 1 aliphatic heterocycles. The van der Waals surface area contributed by atoms with Gasteiger partial charge in [0.05, 0.1) is 13.1 Å². The van der Waals surface area contributed by atoms with E-state index in [1.54, 1.807) is 0 Å². The number of carbonyl (C=O) groups excluding carboxylic acids is 2. The number of carboxylic acids is 1. The highest BCUT2D eigenvalue weighted by molar-refractivity contribution is 5.96.